The zero-order valence-electron chi connectivity index (χ0n) is 144. The maximum absolute atomic E-state index is 13.4. The molecule has 18 aromatic rings. The van der Waals surface area contributed by atoms with Gasteiger partial charge in [-0.1, -0.05) is 215 Å². The Balaban J connectivity index is 0.000000200. The van der Waals surface area contributed by atoms with Crippen LogP contribution in [-0.4, -0.2) is 205 Å². The van der Waals surface area contributed by atoms with Crippen LogP contribution in [0, 0.1) is 82.7 Å². The summed E-state index contributed by atoms with van der Waals surface area (Å²) < 4.78 is 553. The van der Waals surface area contributed by atoms with Crippen LogP contribution in [0.4, 0.5) is 0 Å². The number of rotatable bonds is 18. The average molecular weight is 1910 g/mol. The van der Waals surface area contributed by atoms with E-state index in [1.165, 1.54) is 57.0 Å². The van der Waals surface area contributed by atoms with E-state index in [9.17, 15) is 28.8 Å². The molecular formula is C114H126N18O6. The second-order valence-electron chi connectivity index (χ2n) is 30.5. The van der Waals surface area contributed by atoms with E-state index in [1.807, 2.05) is 62.4 Å². The minimum atomic E-state index is -3.69. The number of hydrogen-bond donors (Lipinski definition) is 0. The van der Waals surface area contributed by atoms with Crippen molar-refractivity contribution in [2.75, 3.05) is 84.0 Å². The van der Waals surface area contributed by atoms with Crippen molar-refractivity contribution in [3.8, 4) is 67.5 Å². The lowest BCUT2D eigenvalue weighted by Crippen LogP contribution is -2.24. The van der Waals surface area contributed by atoms with Crippen LogP contribution in [0.5, 0.6) is 0 Å². The Labute approximate surface area is 906 Å². The fourth-order valence-corrected chi connectivity index (χ4v) is 12.8. The van der Waals surface area contributed by atoms with Crippen LogP contribution in [0.2, 0.25) is 0 Å². The standard InChI is InChI=1S/6C19H21N3O/c6*1-13-5-8-15(9-6-13)19-16(11-18(23)21(3)4)22-12-14(2)7-10-17(22)20-19/h6*5-10,12H,11H2,1-4H3/i1D3,2D3,3D3,4D3,5D,6D,8D,9D,11D2;2D3,3D3,4D3,5D,6D,8D,9D,11D2;1D3,3D3,4D3,5D,6D,8D,9D,11D2;3D3,4D3,5D,6D,8D,9D,11D2;2D3,7D,10D,12D;7D,10D,12D. The molecule has 138 heavy (non-hydrogen) atoms. The Morgan fingerprint density at radius 2 is 0.478 bits per heavy atom. The van der Waals surface area contributed by atoms with E-state index in [2.05, 4.69) is 29.9 Å². The molecule has 0 saturated heterocycles. The molecule has 0 bridgehead atoms. The monoisotopic (exact) mass is 1910 g/mol. The van der Waals surface area contributed by atoms with E-state index >= 15 is 0 Å². The maximum atomic E-state index is 13.4. The minimum Gasteiger partial charge on any atom is -0.348 e. The van der Waals surface area contributed by atoms with Gasteiger partial charge in [-0.05, 0) is 152 Å². The Hall–Kier alpha value is -15.7. The molecule has 12 heterocycles. The average Bonchev–Trinajstić information content (AvgIpc) is 1.59. The van der Waals surface area contributed by atoms with Gasteiger partial charge in [-0.3, -0.25) is 28.8 Å². The highest BCUT2D eigenvalue weighted by Crippen LogP contribution is 2.34. The van der Waals surface area contributed by atoms with Crippen molar-refractivity contribution in [1.29, 1.82) is 0 Å². The predicted octanol–water partition coefficient (Wildman–Crippen LogP) is 19.5. The lowest BCUT2D eigenvalue weighted by atomic mass is 10.1. The summed E-state index contributed by atoms with van der Waals surface area (Å²) in [5.74, 6) is -8.42. The van der Waals surface area contributed by atoms with Crippen molar-refractivity contribution >= 4 is 69.3 Å². The molecule has 0 N–H and O–H groups in total. The van der Waals surface area contributed by atoms with E-state index in [4.69, 9.17) is 94.6 Å². The van der Waals surface area contributed by atoms with Gasteiger partial charge in [0.25, 0.3) is 0 Å². The number of pyridine rings is 6. The largest absolute Gasteiger partial charge is 0.348 e. The van der Waals surface area contributed by atoms with Crippen molar-refractivity contribution in [3.63, 3.8) is 0 Å². The van der Waals surface area contributed by atoms with Crippen molar-refractivity contribution in [2.24, 2.45) is 0 Å². The van der Waals surface area contributed by atoms with Gasteiger partial charge in [0.15, 0.2) is 0 Å². The molecule has 0 radical (unpaired) electrons. The number of likely N-dealkylation sites (N-methyl/N-ethyl adjacent to an activating group) is 6. The molecule has 0 fully saturated rings. The van der Waals surface area contributed by atoms with Crippen LogP contribution in [0.25, 0.3) is 101 Å². The van der Waals surface area contributed by atoms with Crippen LogP contribution >= 0.6 is 0 Å². The first kappa shape index (κ1) is 43.5. The van der Waals surface area contributed by atoms with Crippen LogP contribution < -0.4 is 0 Å². The SMILES string of the molecule is [2H]c1c(C([2H])([2H])[2H])c([2H])n2c(CC(=O)N(C)C)c(-c3ccc(C)cc3)nc2c1[2H].[2H]c1c(C)c([2H])n2c(CC(=O)N(C)C)c(-c3ccc(C)cc3)nc2c1[2H].[2H]c1c([2H])c(-c2nc3ccc(C([2H])([2H])[2H])cn3c2C([2H])([2H])C(=O)N(C([2H])([2H])[2H])C([2H])([2H])[2H])c([2H])c([2H])c1C.[2H]c1c([2H])c(-c2nc3ccc(C)cn3c2C([2H])([2H])C(=O)N(C([2H])([2H])[2H])C([2H])([2H])[2H])c([2H])c([2H])c1C.[2H]c1c([2H])c(C([2H])([2H])[2H])c([2H])c([2H])c1-c1nc2ccc(C([2H])([2H])[2H])cn2c1C([2H])([2H])C(=O)N(C([2H])([2H])[2H])C([2H])([2H])[2H].[2H]c1c([2H])c(C([2H])([2H])[2H])c([2H])c([2H])c1-c1nc2ccc(C)cn2c1C([2H])([2H])C(=O)N(C([2H])([2H])[2H])C([2H])([2H])[2H]. The number of hydrogen-bond acceptors (Lipinski definition) is 12. The second-order valence-corrected chi connectivity index (χ2v) is 30.5. The fourth-order valence-electron chi connectivity index (χ4n) is 12.8. The molecule has 24 heteroatoms. The van der Waals surface area contributed by atoms with E-state index < -0.39 is 358 Å². The topological polar surface area (TPSA) is 226 Å². The normalized spacial score (nSPS) is 19.8. The van der Waals surface area contributed by atoms with Gasteiger partial charge in [0.05, 0.1) is 137 Å². The number of benzene rings is 6. The van der Waals surface area contributed by atoms with Gasteiger partial charge >= 0.3 is 0 Å². The molecule has 24 nitrogen and oxygen atoms in total. The summed E-state index contributed by atoms with van der Waals surface area (Å²) in [6.07, 6.45) is -9.96. The number of aromatic nitrogens is 12. The molecule has 708 valence electrons. The highest BCUT2D eigenvalue weighted by molar-refractivity contribution is 5.87. The lowest BCUT2D eigenvalue weighted by Gasteiger charge is -2.11. The molecule has 0 unspecified atom stereocenters. The Morgan fingerprint density at radius 3 is 0.761 bits per heavy atom. The highest BCUT2D eigenvalue weighted by atomic mass is 16.2. The van der Waals surface area contributed by atoms with Gasteiger partial charge in [-0.15, -0.1) is 0 Å². The molecule has 18 rings (SSSR count). The van der Waals surface area contributed by atoms with Crippen LogP contribution in [-0.2, 0) is 67.1 Å². The predicted molar refractivity (Wildman–Crippen MR) is 555 cm³/mol. The van der Waals surface area contributed by atoms with E-state index in [0.29, 0.717) is 49.4 Å². The van der Waals surface area contributed by atoms with Gasteiger partial charge in [0.1, 0.15) is 33.9 Å². The number of imidazole rings is 6. The molecule has 6 amide bonds. The summed E-state index contributed by atoms with van der Waals surface area (Å²) in [6, 6.07) is 12.6. The molecule has 0 aliphatic heterocycles. The molecule has 0 saturated carbocycles. The van der Waals surface area contributed by atoms with E-state index in [0.717, 1.165) is 66.6 Å². The molecule has 0 spiro atoms. The molecule has 12 aromatic heterocycles. The first-order valence-corrected chi connectivity index (χ1v) is 40.6. The molecule has 0 atom stereocenters. The maximum Gasteiger partial charge on any atom is 0.228 e. The number of aryl methyl sites for hydroxylation is 6. The summed E-state index contributed by atoms with van der Waals surface area (Å²) in [6.45, 7) is -31.7. The van der Waals surface area contributed by atoms with Crippen molar-refractivity contribution in [1.82, 2.24) is 85.7 Å². The number of fused-ring (bicyclic) bond motifs is 6. The van der Waals surface area contributed by atoms with E-state index in [-0.39, 0.29) is 99.5 Å². The Bertz CT molecular complexity index is 10800. The summed E-state index contributed by atoms with van der Waals surface area (Å²) in [5.41, 5.74) is -4.55. The van der Waals surface area contributed by atoms with Crippen molar-refractivity contribution in [3.05, 3.63) is 356 Å². The van der Waals surface area contributed by atoms with Gasteiger partial charge in [0, 0.05) is 219 Å². The zero-order chi connectivity index (χ0) is 158. The number of carbonyl (C=O) groups is 6. The summed E-state index contributed by atoms with van der Waals surface area (Å²) in [5, 5.41) is 0. The Kier molecular flexibility index (Phi) is 13.8. The fraction of sp³-hybridized carbons (Fsp3) is 0.263. The third-order valence-corrected chi connectivity index (χ3v) is 19.6. The molecule has 6 aromatic carbocycles. The van der Waals surface area contributed by atoms with Gasteiger partial charge in [-0.2, -0.15) is 0 Å². The summed E-state index contributed by atoms with van der Waals surface area (Å²) in [4.78, 5) is 104. The van der Waals surface area contributed by atoms with Crippen molar-refractivity contribution < 1.29 is 123 Å². The van der Waals surface area contributed by atoms with Crippen LogP contribution in [0.1, 0.15) is 196 Å². The second kappa shape index (κ2) is 43.7. The minimum absolute atomic E-state index is 0.00607. The van der Waals surface area contributed by atoms with Crippen molar-refractivity contribution in [2.45, 2.75) is 121 Å². The first-order valence-electron chi connectivity index (χ1n) is 75.1. The van der Waals surface area contributed by atoms with Crippen LogP contribution in [0.3, 0.4) is 0 Å². The third kappa shape index (κ3) is 24.1. The third-order valence-electron chi connectivity index (χ3n) is 19.6. The van der Waals surface area contributed by atoms with Gasteiger partial charge < -0.3 is 55.8 Å². The number of carbonyl (C=O) groups excluding carboxylic acids is 6. The lowest BCUT2D eigenvalue weighted by molar-refractivity contribution is -0.128. The summed E-state index contributed by atoms with van der Waals surface area (Å²) >= 11 is 0. The van der Waals surface area contributed by atoms with Gasteiger partial charge in [-0.25, -0.2) is 29.9 Å². The quantitative estimate of drug-likeness (QED) is 0.0782. The van der Waals surface area contributed by atoms with E-state index in [1.54, 1.807) is 61.1 Å². The first-order chi connectivity index (χ1) is 93.7. The number of nitrogens with zero attached hydrogens (tertiary/aromatic N) is 18. The number of amides is 6. The smallest absolute Gasteiger partial charge is 0.228 e. The summed E-state index contributed by atoms with van der Waals surface area (Å²) in [7, 11) is 6.57. The van der Waals surface area contributed by atoms with Gasteiger partial charge in [0.2, 0.25) is 35.4 Å². The molecular weight excluding hydrogens is 1720 g/mol. The highest BCUT2D eigenvalue weighted by Gasteiger charge is 2.26. The zero-order valence-corrected chi connectivity index (χ0v) is 75.0. The molecule has 0 aliphatic carbocycles. The van der Waals surface area contributed by atoms with Crippen LogP contribution in [0.15, 0.2) is 255 Å². The molecule has 0 aliphatic rings. The Morgan fingerprint density at radius 1 is 0.239 bits per heavy atom.